The second kappa shape index (κ2) is 11.0. The second-order valence-electron chi connectivity index (χ2n) is 9.34. The molecule has 0 aliphatic heterocycles. The minimum atomic E-state index is -0.248. The van der Waals surface area contributed by atoms with Gasteiger partial charge in [0.2, 0.25) is 5.88 Å². The Hall–Kier alpha value is -2.29. The van der Waals surface area contributed by atoms with Gasteiger partial charge in [0, 0.05) is 28.5 Å². The molecule has 34 heavy (non-hydrogen) atoms. The molecule has 5 heteroatoms. The summed E-state index contributed by atoms with van der Waals surface area (Å²) in [5.74, 6) is 1.86. The van der Waals surface area contributed by atoms with Crippen molar-refractivity contribution < 1.29 is 13.9 Å². The van der Waals surface area contributed by atoms with Gasteiger partial charge in [0.1, 0.15) is 5.82 Å². The standard InChI is InChI=1S/C29H35FNO2P/c1-5-7-12-33-27-14-18(3)28(19(4)31-27)23-9-10-26(34)25(29(23)30)17-32-13-11-20-15-21-16-24(21)22(20)8-6-2/h6,8-11,14,21,24H,2,5,7,12-13,15-17,34H2,1,3-4H3/b20-11-,22-8+. The molecule has 2 aromatic rings. The molecular formula is C29H35FNO2P. The fourth-order valence-electron chi connectivity index (χ4n) is 4.95. The Morgan fingerprint density at radius 1 is 1.29 bits per heavy atom. The van der Waals surface area contributed by atoms with Crippen LogP contribution in [0.3, 0.4) is 0 Å². The molecule has 1 aromatic heterocycles. The number of hydrogen-bond acceptors (Lipinski definition) is 3. The zero-order valence-electron chi connectivity index (χ0n) is 20.5. The van der Waals surface area contributed by atoms with E-state index in [0.29, 0.717) is 36.1 Å². The van der Waals surface area contributed by atoms with Crippen LogP contribution < -0.4 is 10.0 Å². The van der Waals surface area contributed by atoms with Crippen LogP contribution in [0.15, 0.2) is 54.2 Å². The quantitative estimate of drug-likeness (QED) is 0.278. The van der Waals surface area contributed by atoms with Gasteiger partial charge >= 0.3 is 0 Å². The SMILES string of the molecule is C=C/C=C1\C(=C/COCc2c(P)ccc(-c3c(C)cc(OCCCC)nc3C)c2F)CC2CC12. The predicted molar refractivity (Wildman–Crippen MR) is 141 cm³/mol. The van der Waals surface area contributed by atoms with Crippen molar-refractivity contribution in [2.45, 2.75) is 53.1 Å². The molecule has 2 fully saturated rings. The molecule has 3 nitrogen and oxygen atoms in total. The van der Waals surface area contributed by atoms with Gasteiger partial charge in [0.05, 0.1) is 19.8 Å². The number of ether oxygens (including phenoxy) is 2. The number of allylic oxidation sites excluding steroid dienone is 4. The molecule has 0 N–H and O–H groups in total. The van der Waals surface area contributed by atoms with Crippen LogP contribution in [-0.2, 0) is 11.3 Å². The molecule has 4 rings (SSSR count). The van der Waals surface area contributed by atoms with Crippen LogP contribution in [-0.4, -0.2) is 18.2 Å². The summed E-state index contributed by atoms with van der Waals surface area (Å²) < 4.78 is 27.4. The van der Waals surface area contributed by atoms with Crippen LogP contribution in [0.2, 0.25) is 0 Å². The Labute approximate surface area is 205 Å². The maximum absolute atomic E-state index is 15.7. The number of unbranched alkanes of at least 4 members (excludes halogenated alkanes) is 1. The van der Waals surface area contributed by atoms with E-state index in [0.717, 1.165) is 47.3 Å². The highest BCUT2D eigenvalue weighted by Crippen LogP contribution is 2.57. The smallest absolute Gasteiger partial charge is 0.213 e. The Morgan fingerprint density at radius 3 is 2.85 bits per heavy atom. The first kappa shape index (κ1) is 24.8. The van der Waals surface area contributed by atoms with E-state index in [9.17, 15) is 0 Å². The average molecular weight is 480 g/mol. The first-order valence-electron chi connectivity index (χ1n) is 12.2. The molecule has 1 heterocycles. The fourth-order valence-corrected chi connectivity index (χ4v) is 5.25. The van der Waals surface area contributed by atoms with Crippen molar-refractivity contribution in [2.24, 2.45) is 11.8 Å². The van der Waals surface area contributed by atoms with E-state index >= 15 is 4.39 Å². The largest absolute Gasteiger partial charge is 0.478 e. The number of fused-ring (bicyclic) bond motifs is 1. The van der Waals surface area contributed by atoms with Gasteiger partial charge < -0.3 is 9.47 Å². The molecule has 0 amide bonds. The third-order valence-corrected chi connectivity index (χ3v) is 7.38. The van der Waals surface area contributed by atoms with Crippen molar-refractivity contribution in [1.29, 1.82) is 0 Å². The lowest BCUT2D eigenvalue weighted by atomic mass is 9.97. The van der Waals surface area contributed by atoms with Crippen LogP contribution in [0.25, 0.3) is 11.1 Å². The number of nitrogens with zero attached hydrogens (tertiary/aromatic N) is 1. The predicted octanol–water partition coefficient (Wildman–Crippen LogP) is 6.78. The Bertz CT molecular complexity index is 1110. The molecule has 2 aliphatic rings. The third kappa shape index (κ3) is 5.34. The summed E-state index contributed by atoms with van der Waals surface area (Å²) in [6, 6.07) is 5.66. The van der Waals surface area contributed by atoms with Crippen molar-refractivity contribution >= 4 is 14.5 Å². The van der Waals surface area contributed by atoms with Crippen LogP contribution in [0.4, 0.5) is 4.39 Å². The number of aryl methyl sites for hydroxylation is 2. The van der Waals surface area contributed by atoms with Crippen molar-refractivity contribution in [3.05, 3.63) is 76.8 Å². The Morgan fingerprint density at radius 2 is 2.12 bits per heavy atom. The topological polar surface area (TPSA) is 31.4 Å². The molecule has 3 atom stereocenters. The van der Waals surface area contributed by atoms with Gasteiger partial charge in [-0.05, 0) is 67.0 Å². The third-order valence-electron chi connectivity index (χ3n) is 6.84. The molecular weight excluding hydrogens is 444 g/mol. The normalized spacial score (nSPS) is 21.2. The monoisotopic (exact) mass is 479 g/mol. The summed E-state index contributed by atoms with van der Waals surface area (Å²) in [6.45, 7) is 11.2. The molecule has 0 spiro atoms. The van der Waals surface area contributed by atoms with E-state index in [1.165, 1.54) is 17.6 Å². The number of aromatic nitrogens is 1. The number of halogens is 1. The highest BCUT2D eigenvalue weighted by atomic mass is 31.0. The van der Waals surface area contributed by atoms with Crippen LogP contribution >= 0.6 is 9.24 Å². The Balaban J connectivity index is 1.49. The van der Waals surface area contributed by atoms with Crippen LogP contribution in [0.1, 0.15) is 49.4 Å². The fraction of sp³-hybridized carbons (Fsp3) is 0.414. The maximum Gasteiger partial charge on any atom is 0.213 e. The van der Waals surface area contributed by atoms with Gasteiger partial charge in [-0.3, -0.25) is 0 Å². The molecule has 3 unspecified atom stereocenters. The number of rotatable bonds is 10. The van der Waals surface area contributed by atoms with Crippen molar-refractivity contribution in [1.82, 2.24) is 4.98 Å². The Kier molecular flexibility index (Phi) is 8.01. The van der Waals surface area contributed by atoms with Crippen molar-refractivity contribution in [3.63, 3.8) is 0 Å². The van der Waals surface area contributed by atoms with E-state index in [4.69, 9.17) is 9.47 Å². The van der Waals surface area contributed by atoms with Gasteiger partial charge in [0.25, 0.3) is 0 Å². The first-order chi connectivity index (χ1) is 16.4. The van der Waals surface area contributed by atoms with Crippen molar-refractivity contribution in [2.75, 3.05) is 13.2 Å². The minimum Gasteiger partial charge on any atom is -0.478 e. The molecule has 0 bridgehead atoms. The first-order valence-corrected chi connectivity index (χ1v) is 12.8. The number of hydrogen-bond donors (Lipinski definition) is 0. The summed E-state index contributed by atoms with van der Waals surface area (Å²) in [5, 5.41) is 0.811. The molecule has 0 radical (unpaired) electrons. The van der Waals surface area contributed by atoms with E-state index < -0.39 is 0 Å². The lowest BCUT2D eigenvalue weighted by Gasteiger charge is -2.16. The van der Waals surface area contributed by atoms with Gasteiger partial charge in [-0.1, -0.05) is 50.3 Å². The van der Waals surface area contributed by atoms with Gasteiger partial charge in [-0.25, -0.2) is 9.37 Å². The summed E-state index contributed by atoms with van der Waals surface area (Å²) in [6.07, 6.45) is 10.6. The van der Waals surface area contributed by atoms with Crippen molar-refractivity contribution in [3.8, 4) is 17.0 Å². The van der Waals surface area contributed by atoms with E-state index in [-0.39, 0.29) is 12.4 Å². The zero-order valence-corrected chi connectivity index (χ0v) is 21.6. The minimum absolute atomic E-state index is 0.222. The van der Waals surface area contributed by atoms with Crippen LogP contribution in [0, 0.1) is 31.5 Å². The average Bonchev–Trinajstić information content (AvgIpc) is 3.48. The maximum atomic E-state index is 15.7. The van der Waals surface area contributed by atoms with E-state index in [1.54, 1.807) is 0 Å². The summed E-state index contributed by atoms with van der Waals surface area (Å²) in [7, 11) is 2.63. The van der Waals surface area contributed by atoms with Gasteiger partial charge in [0.15, 0.2) is 0 Å². The molecule has 2 saturated carbocycles. The number of pyridine rings is 1. The molecule has 180 valence electrons. The summed E-state index contributed by atoms with van der Waals surface area (Å²) >= 11 is 0. The zero-order chi connectivity index (χ0) is 24.2. The molecule has 2 aliphatic carbocycles. The van der Waals surface area contributed by atoms with E-state index in [1.807, 2.05) is 38.1 Å². The molecule has 0 saturated heterocycles. The van der Waals surface area contributed by atoms with Gasteiger partial charge in [-0.2, -0.15) is 0 Å². The lowest BCUT2D eigenvalue weighted by molar-refractivity contribution is 0.146. The highest BCUT2D eigenvalue weighted by molar-refractivity contribution is 7.27. The number of benzene rings is 1. The lowest BCUT2D eigenvalue weighted by Crippen LogP contribution is -2.10. The highest BCUT2D eigenvalue weighted by Gasteiger charge is 2.46. The summed E-state index contributed by atoms with van der Waals surface area (Å²) in [5.41, 5.74) is 6.42. The van der Waals surface area contributed by atoms with Gasteiger partial charge in [-0.15, -0.1) is 9.24 Å². The van der Waals surface area contributed by atoms with E-state index in [2.05, 4.69) is 39.9 Å². The second-order valence-corrected chi connectivity index (χ2v) is 9.97. The summed E-state index contributed by atoms with van der Waals surface area (Å²) in [4.78, 5) is 4.58. The van der Waals surface area contributed by atoms with Crippen LogP contribution in [0.5, 0.6) is 5.88 Å². The molecule has 1 aromatic carbocycles.